The van der Waals surface area contributed by atoms with Gasteiger partial charge in [0.25, 0.3) is 0 Å². The Bertz CT molecular complexity index is 2120. The number of aromatic nitrogens is 1. The fourth-order valence-corrected chi connectivity index (χ4v) is 6.16. The number of furan rings is 2. The van der Waals surface area contributed by atoms with Gasteiger partial charge in [0.15, 0.2) is 5.78 Å². The van der Waals surface area contributed by atoms with Gasteiger partial charge in [0.05, 0.1) is 6.26 Å². The van der Waals surface area contributed by atoms with Crippen molar-refractivity contribution in [2.45, 2.75) is 93.4 Å². The monoisotopic (exact) mass is 849 g/mol. The van der Waals surface area contributed by atoms with Crippen LogP contribution in [0.1, 0.15) is 93.6 Å². The number of aliphatic hydroxyl groups excluding tert-OH is 1. The first-order valence-electron chi connectivity index (χ1n) is 17.5. The van der Waals surface area contributed by atoms with E-state index in [-0.39, 0.29) is 47.9 Å². The molecule has 265 valence electrons. The minimum Gasteiger partial charge on any atom is -0.512 e. The molecular formula is C44H50IrNO4-. The molecule has 0 saturated heterocycles. The Morgan fingerprint density at radius 1 is 0.840 bits per heavy atom. The molecule has 3 aromatic carbocycles. The Morgan fingerprint density at radius 3 is 2.18 bits per heavy atom. The van der Waals surface area contributed by atoms with Crippen LogP contribution in [0.3, 0.4) is 0 Å². The zero-order chi connectivity index (χ0) is 35.6. The van der Waals surface area contributed by atoms with E-state index in [1.54, 1.807) is 6.26 Å². The first-order chi connectivity index (χ1) is 23.3. The number of carbonyl (C=O) groups excluding carboxylic acids is 1. The molecule has 3 heterocycles. The number of aliphatic hydroxyl groups is 1. The number of rotatable bonds is 9. The summed E-state index contributed by atoms with van der Waals surface area (Å²) in [6.07, 6.45) is 8.31. The summed E-state index contributed by atoms with van der Waals surface area (Å²) in [5.41, 5.74) is 5.04. The molecule has 0 amide bonds. The molecule has 0 unspecified atom stereocenters. The fraction of sp³-hybridized carbons (Fsp3) is 0.364. The van der Waals surface area contributed by atoms with Crippen LogP contribution >= 0.6 is 0 Å². The quantitative estimate of drug-likeness (QED) is 0.0891. The van der Waals surface area contributed by atoms with Crippen molar-refractivity contribution in [2.24, 2.45) is 10.8 Å². The molecule has 5 nitrogen and oxygen atoms in total. The smallest absolute Gasteiger partial charge is 0.164 e. The number of ketones is 1. The molecule has 0 bridgehead atoms. The van der Waals surface area contributed by atoms with E-state index < -0.39 is 0 Å². The summed E-state index contributed by atoms with van der Waals surface area (Å²) in [4.78, 5) is 16.9. The third kappa shape index (κ3) is 7.67. The number of carbonyl (C=O) groups is 1. The number of benzene rings is 3. The maximum absolute atomic E-state index is 12.2. The van der Waals surface area contributed by atoms with Gasteiger partial charge in [-0.25, -0.2) is 0 Å². The topological polar surface area (TPSA) is 76.5 Å². The predicted molar refractivity (Wildman–Crippen MR) is 203 cm³/mol. The Labute approximate surface area is 310 Å². The van der Waals surface area contributed by atoms with Crippen LogP contribution < -0.4 is 0 Å². The van der Waals surface area contributed by atoms with E-state index >= 15 is 0 Å². The molecule has 0 aliphatic heterocycles. The van der Waals surface area contributed by atoms with Crippen LogP contribution in [-0.4, -0.2) is 15.9 Å². The first-order valence-corrected chi connectivity index (χ1v) is 17.5. The van der Waals surface area contributed by atoms with E-state index in [0.717, 1.165) is 75.6 Å². The minimum atomic E-state index is -0.337. The van der Waals surface area contributed by atoms with Gasteiger partial charge in [-0.1, -0.05) is 104 Å². The Hall–Kier alpha value is -3.99. The van der Waals surface area contributed by atoms with Gasteiger partial charge in [-0.15, -0.1) is 29.1 Å². The molecule has 0 aliphatic carbocycles. The summed E-state index contributed by atoms with van der Waals surface area (Å²) in [5.74, 6) is 1.09. The van der Waals surface area contributed by atoms with Gasteiger partial charge < -0.3 is 13.9 Å². The van der Waals surface area contributed by atoms with Crippen LogP contribution in [0, 0.1) is 16.9 Å². The summed E-state index contributed by atoms with van der Waals surface area (Å²) in [6.45, 7) is 18.8. The molecule has 1 radical (unpaired) electrons. The number of fused-ring (bicyclic) bond motifs is 3. The molecule has 0 fully saturated rings. The van der Waals surface area contributed by atoms with Crippen molar-refractivity contribution in [3.05, 3.63) is 103 Å². The zero-order valence-electron chi connectivity index (χ0n) is 30.9. The largest absolute Gasteiger partial charge is 0.512 e. The SMILES string of the molecule is CC(C)(C)c1cc(-c2nccc3cc(-c4cccc5occc45)oc23)[c-]c2ccccc12.CCC(C)(CC)C(=O)/C=C(\O)C(C)(CC)CC.[Ir]. The van der Waals surface area contributed by atoms with Crippen LogP contribution in [0.5, 0.6) is 0 Å². The molecule has 0 spiro atoms. The molecule has 6 aromatic rings. The average molecular weight is 849 g/mol. The maximum Gasteiger partial charge on any atom is 0.164 e. The van der Waals surface area contributed by atoms with Gasteiger partial charge in [-0.3, -0.25) is 9.78 Å². The van der Waals surface area contributed by atoms with Crippen LogP contribution in [0.4, 0.5) is 0 Å². The second-order valence-corrected chi connectivity index (χ2v) is 14.6. The number of pyridine rings is 1. The van der Waals surface area contributed by atoms with Crippen molar-refractivity contribution >= 4 is 38.5 Å². The van der Waals surface area contributed by atoms with Gasteiger partial charge in [-0.2, -0.15) is 0 Å². The van der Waals surface area contributed by atoms with Gasteiger partial charge in [-0.05, 0) is 55.4 Å². The van der Waals surface area contributed by atoms with Crippen LogP contribution in [-0.2, 0) is 30.3 Å². The van der Waals surface area contributed by atoms with Gasteiger partial charge in [0.1, 0.15) is 22.7 Å². The van der Waals surface area contributed by atoms with E-state index in [4.69, 9.17) is 13.8 Å². The van der Waals surface area contributed by atoms with Crippen LogP contribution in [0.2, 0.25) is 0 Å². The zero-order valence-corrected chi connectivity index (χ0v) is 33.3. The van der Waals surface area contributed by atoms with E-state index in [2.05, 4.69) is 69.3 Å². The van der Waals surface area contributed by atoms with Crippen molar-refractivity contribution in [2.75, 3.05) is 0 Å². The normalized spacial score (nSPS) is 12.5. The van der Waals surface area contributed by atoms with Gasteiger partial charge in [0.2, 0.25) is 0 Å². The van der Waals surface area contributed by atoms with Crippen molar-refractivity contribution in [3.63, 3.8) is 0 Å². The molecule has 1 N–H and O–H groups in total. The maximum atomic E-state index is 12.2. The summed E-state index contributed by atoms with van der Waals surface area (Å²) in [7, 11) is 0. The van der Waals surface area contributed by atoms with E-state index in [1.807, 2.05) is 72.0 Å². The average Bonchev–Trinajstić information content (AvgIpc) is 3.78. The Balaban J connectivity index is 0.000000269. The number of allylic oxidation sites excluding steroid dienone is 2. The third-order valence-electron chi connectivity index (χ3n) is 10.6. The van der Waals surface area contributed by atoms with Crippen molar-refractivity contribution in [1.82, 2.24) is 4.98 Å². The number of nitrogens with zero attached hydrogens (tertiary/aromatic N) is 1. The molecule has 6 rings (SSSR count). The molecular weight excluding hydrogens is 799 g/mol. The van der Waals surface area contributed by atoms with E-state index in [1.165, 1.54) is 17.0 Å². The first kappa shape index (κ1) is 38.8. The van der Waals surface area contributed by atoms with Crippen molar-refractivity contribution in [1.29, 1.82) is 0 Å². The van der Waals surface area contributed by atoms with E-state index in [9.17, 15) is 9.90 Å². The van der Waals surface area contributed by atoms with Gasteiger partial charge in [0, 0.05) is 65.2 Å². The van der Waals surface area contributed by atoms with Crippen LogP contribution in [0.15, 0.2) is 99.9 Å². The Morgan fingerprint density at radius 2 is 1.52 bits per heavy atom. The van der Waals surface area contributed by atoms with Gasteiger partial charge >= 0.3 is 0 Å². The molecule has 6 heteroatoms. The second-order valence-electron chi connectivity index (χ2n) is 14.6. The molecule has 0 atom stereocenters. The second kappa shape index (κ2) is 15.5. The predicted octanol–water partition coefficient (Wildman–Crippen LogP) is 12.8. The van der Waals surface area contributed by atoms with E-state index in [0.29, 0.717) is 0 Å². The third-order valence-corrected chi connectivity index (χ3v) is 10.6. The van der Waals surface area contributed by atoms with Crippen molar-refractivity contribution in [3.8, 4) is 22.6 Å². The molecule has 3 aromatic heterocycles. The minimum absolute atomic E-state index is 0. The Kier molecular flexibility index (Phi) is 12.0. The molecule has 0 saturated carbocycles. The van der Waals surface area contributed by atoms with Crippen molar-refractivity contribution < 1.29 is 38.8 Å². The number of hydrogen-bond donors (Lipinski definition) is 1. The number of hydrogen-bond acceptors (Lipinski definition) is 5. The summed E-state index contributed by atoms with van der Waals surface area (Å²) in [6, 6.07) is 26.3. The summed E-state index contributed by atoms with van der Waals surface area (Å²) < 4.78 is 12.0. The summed E-state index contributed by atoms with van der Waals surface area (Å²) >= 11 is 0. The summed E-state index contributed by atoms with van der Waals surface area (Å²) in [5, 5.41) is 14.5. The molecule has 0 aliphatic rings. The standard InChI is InChI=1S/C29H22NO2.C15H28O2.Ir/c1-29(2,3)24-16-20(15-18-7-4-5-8-21(18)24)27-28-19(11-13-30-27)17-26(32-28)22-9-6-10-25-23(22)12-14-31-25;1-7-14(5,8-2)12(16)11-13(17)15(6,9-3)10-4;/h4-14,16-17H,1-3H3;11,16H,7-10H2,1-6H3;/q-1;;/b;12-11-;. The molecule has 50 heavy (non-hydrogen) atoms. The van der Waals surface area contributed by atoms with Crippen LogP contribution in [0.25, 0.3) is 55.3 Å². The fourth-order valence-electron chi connectivity index (χ4n) is 6.16.